The molecule has 0 atom stereocenters. The Hall–Kier alpha value is -1.90. The van der Waals surface area contributed by atoms with Crippen LogP contribution >= 0.6 is 0 Å². The number of nitrogens with one attached hydrogen (secondary N) is 1. The Morgan fingerprint density at radius 1 is 1.19 bits per heavy atom. The average molecular weight is 214 g/mol. The summed E-state index contributed by atoms with van der Waals surface area (Å²) in [6, 6.07) is 7.49. The smallest absolute Gasteiger partial charge is 0.251 e. The summed E-state index contributed by atoms with van der Waals surface area (Å²) in [6.45, 7) is 5.91. The molecule has 0 saturated heterocycles. The molecule has 1 N–H and O–H groups in total. The predicted molar refractivity (Wildman–Crippen MR) is 64.5 cm³/mol. The summed E-state index contributed by atoms with van der Waals surface area (Å²) in [5.74, 6) is 0.645. The number of hydrogen-bond donors (Lipinski definition) is 1. The zero-order valence-electron chi connectivity index (χ0n) is 9.66. The van der Waals surface area contributed by atoms with Gasteiger partial charge in [-0.3, -0.25) is 4.79 Å². The van der Waals surface area contributed by atoms with Crippen LogP contribution in [0, 0.1) is 20.8 Å². The minimum Gasteiger partial charge on any atom is -0.307 e. The SMILES string of the molecule is Cc1cc(=O)[nH]c(-c2cccc(C)c2C)n1. The van der Waals surface area contributed by atoms with E-state index >= 15 is 0 Å². The van der Waals surface area contributed by atoms with Crippen LogP contribution < -0.4 is 5.56 Å². The number of hydrogen-bond acceptors (Lipinski definition) is 2. The van der Waals surface area contributed by atoms with Crippen LogP contribution in [0.1, 0.15) is 16.8 Å². The van der Waals surface area contributed by atoms with Gasteiger partial charge in [0.1, 0.15) is 5.82 Å². The first-order valence-corrected chi connectivity index (χ1v) is 5.22. The normalized spacial score (nSPS) is 10.4. The second-order valence-corrected chi connectivity index (χ2v) is 3.98. The second kappa shape index (κ2) is 3.93. The lowest BCUT2D eigenvalue weighted by Gasteiger charge is -2.07. The Labute approximate surface area is 94.2 Å². The molecule has 0 aliphatic carbocycles. The van der Waals surface area contributed by atoms with Gasteiger partial charge in [-0.1, -0.05) is 18.2 Å². The van der Waals surface area contributed by atoms with E-state index in [9.17, 15) is 4.79 Å². The van der Waals surface area contributed by atoms with E-state index in [-0.39, 0.29) is 5.56 Å². The summed E-state index contributed by atoms with van der Waals surface area (Å²) in [6.07, 6.45) is 0. The standard InChI is InChI=1S/C13H14N2O/c1-8-5-4-6-11(10(8)3)13-14-9(2)7-12(16)15-13/h4-7H,1-3H3,(H,14,15,16). The Bertz CT molecular complexity index is 585. The van der Waals surface area contributed by atoms with Crippen LogP contribution in [0.3, 0.4) is 0 Å². The van der Waals surface area contributed by atoms with E-state index in [1.807, 2.05) is 39.0 Å². The number of benzene rings is 1. The molecule has 82 valence electrons. The van der Waals surface area contributed by atoms with Gasteiger partial charge in [-0.05, 0) is 31.9 Å². The minimum atomic E-state index is -0.108. The first-order chi connectivity index (χ1) is 7.58. The summed E-state index contributed by atoms with van der Waals surface area (Å²) in [4.78, 5) is 18.5. The molecular formula is C13H14N2O. The third-order valence-corrected chi connectivity index (χ3v) is 2.73. The van der Waals surface area contributed by atoms with Gasteiger partial charge in [-0.2, -0.15) is 0 Å². The Kier molecular flexibility index (Phi) is 2.60. The molecule has 0 aliphatic rings. The third kappa shape index (κ3) is 1.89. The largest absolute Gasteiger partial charge is 0.307 e. The van der Waals surface area contributed by atoms with Gasteiger partial charge in [-0.25, -0.2) is 4.98 Å². The highest BCUT2D eigenvalue weighted by atomic mass is 16.1. The lowest BCUT2D eigenvalue weighted by molar-refractivity contribution is 1.07. The van der Waals surface area contributed by atoms with Crippen LogP contribution in [0.5, 0.6) is 0 Å². The third-order valence-electron chi connectivity index (χ3n) is 2.73. The number of aryl methyl sites for hydroxylation is 2. The fourth-order valence-corrected chi connectivity index (χ4v) is 1.71. The first kappa shape index (κ1) is 10.6. The quantitative estimate of drug-likeness (QED) is 0.792. The maximum Gasteiger partial charge on any atom is 0.251 e. The van der Waals surface area contributed by atoms with E-state index in [1.165, 1.54) is 11.6 Å². The molecule has 1 heterocycles. The Morgan fingerprint density at radius 2 is 1.94 bits per heavy atom. The number of aromatic nitrogens is 2. The van der Waals surface area contributed by atoms with E-state index in [1.54, 1.807) is 0 Å². The zero-order chi connectivity index (χ0) is 11.7. The summed E-state index contributed by atoms with van der Waals surface area (Å²) in [7, 11) is 0. The van der Waals surface area contributed by atoms with Crippen LogP contribution in [-0.4, -0.2) is 9.97 Å². The number of rotatable bonds is 1. The molecule has 0 amide bonds. The van der Waals surface area contributed by atoms with Crippen molar-refractivity contribution in [2.45, 2.75) is 20.8 Å². The Morgan fingerprint density at radius 3 is 2.62 bits per heavy atom. The predicted octanol–water partition coefficient (Wildman–Crippen LogP) is 2.36. The fraction of sp³-hybridized carbons (Fsp3) is 0.231. The highest BCUT2D eigenvalue weighted by molar-refractivity contribution is 5.61. The molecule has 3 heteroatoms. The lowest BCUT2D eigenvalue weighted by atomic mass is 10.0. The average Bonchev–Trinajstić information content (AvgIpc) is 2.20. The van der Waals surface area contributed by atoms with E-state index < -0.39 is 0 Å². The van der Waals surface area contributed by atoms with Crippen LogP contribution in [0.2, 0.25) is 0 Å². The van der Waals surface area contributed by atoms with Crippen molar-refractivity contribution in [2.24, 2.45) is 0 Å². The van der Waals surface area contributed by atoms with Gasteiger partial charge in [0.05, 0.1) is 0 Å². The van der Waals surface area contributed by atoms with Crippen LogP contribution in [-0.2, 0) is 0 Å². The molecule has 3 nitrogen and oxygen atoms in total. The minimum absolute atomic E-state index is 0.108. The molecule has 0 fully saturated rings. The van der Waals surface area contributed by atoms with Crippen molar-refractivity contribution in [1.29, 1.82) is 0 Å². The van der Waals surface area contributed by atoms with E-state index in [0.717, 1.165) is 16.8 Å². The molecule has 2 aromatic rings. The molecule has 0 saturated carbocycles. The molecular weight excluding hydrogens is 200 g/mol. The van der Waals surface area contributed by atoms with Crippen molar-refractivity contribution >= 4 is 0 Å². The van der Waals surface area contributed by atoms with Gasteiger partial charge in [0.15, 0.2) is 0 Å². The van der Waals surface area contributed by atoms with Crippen molar-refractivity contribution in [1.82, 2.24) is 9.97 Å². The van der Waals surface area contributed by atoms with Crippen molar-refractivity contribution in [3.63, 3.8) is 0 Å². The van der Waals surface area contributed by atoms with Crippen molar-refractivity contribution < 1.29 is 0 Å². The van der Waals surface area contributed by atoms with Crippen LogP contribution in [0.25, 0.3) is 11.4 Å². The summed E-state index contributed by atoms with van der Waals surface area (Å²) in [5, 5.41) is 0. The highest BCUT2D eigenvalue weighted by Crippen LogP contribution is 2.21. The van der Waals surface area contributed by atoms with Gasteiger partial charge in [-0.15, -0.1) is 0 Å². The monoisotopic (exact) mass is 214 g/mol. The molecule has 16 heavy (non-hydrogen) atoms. The maximum atomic E-state index is 11.4. The number of nitrogens with zero attached hydrogens (tertiary/aromatic N) is 1. The Balaban J connectivity index is 2.67. The molecule has 1 aromatic heterocycles. The zero-order valence-corrected chi connectivity index (χ0v) is 9.66. The lowest BCUT2D eigenvalue weighted by Crippen LogP contribution is -2.09. The number of aromatic amines is 1. The topological polar surface area (TPSA) is 45.8 Å². The van der Waals surface area contributed by atoms with Gasteiger partial charge in [0.25, 0.3) is 5.56 Å². The van der Waals surface area contributed by atoms with E-state index in [4.69, 9.17) is 0 Å². The summed E-state index contributed by atoms with van der Waals surface area (Å²) in [5.41, 5.74) is 3.96. The van der Waals surface area contributed by atoms with Crippen LogP contribution in [0.4, 0.5) is 0 Å². The van der Waals surface area contributed by atoms with Gasteiger partial charge < -0.3 is 4.98 Å². The van der Waals surface area contributed by atoms with E-state index in [2.05, 4.69) is 9.97 Å². The van der Waals surface area contributed by atoms with E-state index in [0.29, 0.717) is 5.82 Å². The van der Waals surface area contributed by atoms with Crippen LogP contribution in [0.15, 0.2) is 29.1 Å². The van der Waals surface area contributed by atoms with Crippen molar-refractivity contribution in [3.05, 3.63) is 51.4 Å². The molecule has 0 aliphatic heterocycles. The van der Waals surface area contributed by atoms with Crippen molar-refractivity contribution in [3.8, 4) is 11.4 Å². The summed E-state index contributed by atoms with van der Waals surface area (Å²) < 4.78 is 0. The van der Waals surface area contributed by atoms with Gasteiger partial charge in [0.2, 0.25) is 0 Å². The molecule has 2 rings (SSSR count). The number of H-pyrrole nitrogens is 1. The molecule has 0 unspecified atom stereocenters. The molecule has 0 radical (unpaired) electrons. The maximum absolute atomic E-state index is 11.4. The molecule has 0 bridgehead atoms. The summed E-state index contributed by atoms with van der Waals surface area (Å²) >= 11 is 0. The van der Waals surface area contributed by atoms with Crippen molar-refractivity contribution in [2.75, 3.05) is 0 Å². The van der Waals surface area contributed by atoms with Gasteiger partial charge >= 0.3 is 0 Å². The second-order valence-electron chi connectivity index (χ2n) is 3.98. The molecule has 0 spiro atoms. The highest BCUT2D eigenvalue weighted by Gasteiger charge is 2.06. The van der Waals surface area contributed by atoms with Gasteiger partial charge in [0, 0.05) is 17.3 Å². The molecule has 1 aromatic carbocycles. The fourth-order valence-electron chi connectivity index (χ4n) is 1.71. The first-order valence-electron chi connectivity index (χ1n) is 5.22.